The fraction of sp³-hybridized carbons (Fsp3) is 0.545. The van der Waals surface area contributed by atoms with Gasteiger partial charge in [-0.15, -0.1) is 0 Å². The van der Waals surface area contributed by atoms with Gasteiger partial charge in [0.05, 0.1) is 12.6 Å². The normalized spacial score (nSPS) is 20.1. The molecular weight excluding hydrogens is 210 g/mol. The van der Waals surface area contributed by atoms with E-state index >= 15 is 0 Å². The summed E-state index contributed by atoms with van der Waals surface area (Å²) in [6.07, 6.45) is 2.50. The van der Waals surface area contributed by atoms with Crippen LogP contribution in [-0.2, 0) is 11.3 Å². The predicted molar refractivity (Wildman–Crippen MR) is 56.3 cm³/mol. The first-order chi connectivity index (χ1) is 7.75. The number of hydrogen-bond donors (Lipinski definition) is 2. The molecule has 16 heavy (non-hydrogen) atoms. The van der Waals surface area contributed by atoms with Crippen molar-refractivity contribution >= 4 is 5.97 Å². The summed E-state index contributed by atoms with van der Waals surface area (Å²) in [6.45, 7) is 2.16. The average molecular weight is 225 g/mol. The third-order valence-electron chi connectivity index (χ3n) is 2.57. The molecule has 0 bridgehead atoms. The lowest BCUT2D eigenvalue weighted by molar-refractivity contribution is 0.0659. The molecular formula is C11H15NO4. The second-order valence-corrected chi connectivity index (χ2v) is 3.84. The van der Waals surface area contributed by atoms with Crippen molar-refractivity contribution in [3.8, 4) is 0 Å². The van der Waals surface area contributed by atoms with Gasteiger partial charge in [-0.3, -0.25) is 0 Å². The molecule has 1 fully saturated rings. The summed E-state index contributed by atoms with van der Waals surface area (Å²) >= 11 is 0. The van der Waals surface area contributed by atoms with E-state index in [0.29, 0.717) is 12.3 Å². The third-order valence-corrected chi connectivity index (χ3v) is 2.57. The molecule has 5 heteroatoms. The minimum atomic E-state index is -1.04. The average Bonchev–Trinajstić information content (AvgIpc) is 2.87. The molecule has 0 aromatic carbocycles. The lowest BCUT2D eigenvalue weighted by Gasteiger charge is -2.09. The first-order valence-electron chi connectivity index (χ1n) is 5.40. The van der Waals surface area contributed by atoms with Crippen LogP contribution in [0.15, 0.2) is 16.5 Å². The van der Waals surface area contributed by atoms with Crippen LogP contribution in [0.4, 0.5) is 0 Å². The maximum atomic E-state index is 10.6. The largest absolute Gasteiger partial charge is 0.475 e. The molecule has 0 saturated carbocycles. The van der Waals surface area contributed by atoms with E-state index < -0.39 is 5.97 Å². The third kappa shape index (κ3) is 2.84. The first kappa shape index (κ1) is 11.2. The van der Waals surface area contributed by atoms with Crippen LogP contribution in [0, 0.1) is 0 Å². The van der Waals surface area contributed by atoms with E-state index in [0.717, 1.165) is 26.0 Å². The molecule has 1 aromatic heterocycles. The Labute approximate surface area is 93.4 Å². The molecule has 1 atom stereocenters. The zero-order valence-electron chi connectivity index (χ0n) is 8.94. The number of rotatable bonds is 5. The van der Waals surface area contributed by atoms with E-state index in [4.69, 9.17) is 14.3 Å². The number of aromatic carboxylic acids is 1. The van der Waals surface area contributed by atoms with E-state index in [-0.39, 0.29) is 11.9 Å². The fourth-order valence-corrected chi connectivity index (χ4v) is 1.75. The molecule has 5 nitrogen and oxygen atoms in total. The first-order valence-corrected chi connectivity index (χ1v) is 5.40. The lowest BCUT2D eigenvalue weighted by atomic mass is 10.2. The number of carbonyl (C=O) groups is 1. The summed E-state index contributed by atoms with van der Waals surface area (Å²) in [5.74, 6) is -0.422. The highest BCUT2D eigenvalue weighted by atomic mass is 16.5. The van der Waals surface area contributed by atoms with Crippen LogP contribution in [0.3, 0.4) is 0 Å². The fourth-order valence-electron chi connectivity index (χ4n) is 1.75. The predicted octanol–water partition coefficient (Wildman–Crippen LogP) is 1.25. The van der Waals surface area contributed by atoms with E-state index in [9.17, 15) is 4.79 Å². The molecule has 0 spiro atoms. The molecule has 2 rings (SSSR count). The summed E-state index contributed by atoms with van der Waals surface area (Å²) in [5, 5.41) is 11.8. The molecule has 2 N–H and O–H groups in total. The second kappa shape index (κ2) is 5.14. The van der Waals surface area contributed by atoms with E-state index in [2.05, 4.69) is 5.32 Å². The summed E-state index contributed by atoms with van der Waals surface area (Å²) < 4.78 is 10.6. The summed E-state index contributed by atoms with van der Waals surface area (Å²) in [6, 6.07) is 3.14. The van der Waals surface area contributed by atoms with Gasteiger partial charge in [-0.05, 0) is 25.0 Å². The SMILES string of the molecule is O=C(O)c1ccc(CNC[C@@H]2CCCO2)o1. The van der Waals surface area contributed by atoms with Gasteiger partial charge in [-0.1, -0.05) is 0 Å². The smallest absolute Gasteiger partial charge is 0.371 e. The van der Waals surface area contributed by atoms with Crippen molar-refractivity contribution in [1.82, 2.24) is 5.32 Å². The summed E-state index contributed by atoms with van der Waals surface area (Å²) in [5.41, 5.74) is 0. The Kier molecular flexibility index (Phi) is 3.58. The number of hydrogen-bond acceptors (Lipinski definition) is 4. The summed E-state index contributed by atoms with van der Waals surface area (Å²) in [7, 11) is 0. The second-order valence-electron chi connectivity index (χ2n) is 3.84. The van der Waals surface area contributed by atoms with Gasteiger partial charge in [-0.25, -0.2) is 4.79 Å². The number of ether oxygens (including phenoxy) is 1. The van der Waals surface area contributed by atoms with Crippen molar-refractivity contribution in [2.24, 2.45) is 0 Å². The number of carboxylic acids is 1. The van der Waals surface area contributed by atoms with Crippen LogP contribution in [0.1, 0.15) is 29.2 Å². The highest BCUT2D eigenvalue weighted by Gasteiger charge is 2.15. The van der Waals surface area contributed by atoms with Gasteiger partial charge < -0.3 is 19.6 Å². The van der Waals surface area contributed by atoms with Crippen LogP contribution in [0.5, 0.6) is 0 Å². The monoisotopic (exact) mass is 225 g/mol. The molecule has 0 radical (unpaired) electrons. The van der Waals surface area contributed by atoms with Crippen molar-refractivity contribution < 1.29 is 19.1 Å². The van der Waals surface area contributed by atoms with Gasteiger partial charge in [0.15, 0.2) is 0 Å². The van der Waals surface area contributed by atoms with Crippen molar-refractivity contribution in [3.05, 3.63) is 23.7 Å². The number of carboxylic acid groups (broad SMARTS) is 1. The Morgan fingerprint density at radius 2 is 2.44 bits per heavy atom. The van der Waals surface area contributed by atoms with Gasteiger partial charge in [0.2, 0.25) is 5.76 Å². The van der Waals surface area contributed by atoms with Gasteiger partial charge in [0.25, 0.3) is 0 Å². The Bertz CT molecular complexity index is 355. The Hall–Kier alpha value is -1.33. The van der Waals surface area contributed by atoms with Crippen molar-refractivity contribution in [2.45, 2.75) is 25.5 Å². The van der Waals surface area contributed by atoms with Crippen LogP contribution < -0.4 is 5.32 Å². The van der Waals surface area contributed by atoms with E-state index in [1.807, 2.05) is 0 Å². The quantitative estimate of drug-likeness (QED) is 0.789. The van der Waals surface area contributed by atoms with Crippen LogP contribution in [0.2, 0.25) is 0 Å². The number of nitrogens with one attached hydrogen (secondary N) is 1. The molecule has 0 aliphatic carbocycles. The molecule has 88 valence electrons. The lowest BCUT2D eigenvalue weighted by Crippen LogP contribution is -2.25. The highest BCUT2D eigenvalue weighted by Crippen LogP contribution is 2.11. The molecule has 2 heterocycles. The van der Waals surface area contributed by atoms with Crippen molar-refractivity contribution in [1.29, 1.82) is 0 Å². The molecule has 0 amide bonds. The molecule has 1 aromatic rings. The minimum Gasteiger partial charge on any atom is -0.475 e. The molecule has 1 aliphatic heterocycles. The molecule has 1 aliphatic rings. The topological polar surface area (TPSA) is 71.7 Å². The molecule has 1 saturated heterocycles. The zero-order valence-corrected chi connectivity index (χ0v) is 8.94. The molecule has 0 unspecified atom stereocenters. The van der Waals surface area contributed by atoms with E-state index in [1.165, 1.54) is 6.07 Å². The van der Waals surface area contributed by atoms with Crippen LogP contribution in [-0.4, -0.2) is 30.3 Å². The Morgan fingerprint density at radius 1 is 1.56 bits per heavy atom. The van der Waals surface area contributed by atoms with Gasteiger partial charge >= 0.3 is 5.97 Å². The van der Waals surface area contributed by atoms with Gasteiger partial charge in [0, 0.05) is 13.2 Å². The Morgan fingerprint density at radius 3 is 3.06 bits per heavy atom. The van der Waals surface area contributed by atoms with Crippen LogP contribution in [0.25, 0.3) is 0 Å². The standard InChI is InChI=1S/C11H15NO4/c13-11(14)10-4-3-9(16-10)7-12-6-8-2-1-5-15-8/h3-4,8,12H,1-2,5-7H2,(H,13,14)/t8-/m0/s1. The van der Waals surface area contributed by atoms with Gasteiger partial charge in [-0.2, -0.15) is 0 Å². The van der Waals surface area contributed by atoms with E-state index in [1.54, 1.807) is 6.07 Å². The minimum absolute atomic E-state index is 0.0195. The maximum absolute atomic E-state index is 10.6. The van der Waals surface area contributed by atoms with Crippen molar-refractivity contribution in [2.75, 3.05) is 13.2 Å². The van der Waals surface area contributed by atoms with Crippen molar-refractivity contribution in [3.63, 3.8) is 0 Å². The van der Waals surface area contributed by atoms with Crippen LogP contribution >= 0.6 is 0 Å². The summed E-state index contributed by atoms with van der Waals surface area (Å²) in [4.78, 5) is 10.6. The Balaban J connectivity index is 1.74. The zero-order chi connectivity index (χ0) is 11.4. The maximum Gasteiger partial charge on any atom is 0.371 e. The van der Waals surface area contributed by atoms with Gasteiger partial charge in [0.1, 0.15) is 5.76 Å². The highest BCUT2D eigenvalue weighted by molar-refractivity contribution is 5.84. The number of furan rings is 1.